The highest BCUT2D eigenvalue weighted by atomic mass is 127. The Morgan fingerprint density at radius 1 is 1.15 bits per heavy atom. The molecule has 5 nitrogen and oxygen atoms in total. The maximum atomic E-state index is 13.6. The summed E-state index contributed by atoms with van der Waals surface area (Å²) in [4.78, 5) is 9.31. The number of halogens is 2. The van der Waals surface area contributed by atoms with Crippen LogP contribution in [0, 0.1) is 11.7 Å². The van der Waals surface area contributed by atoms with Crippen LogP contribution >= 0.6 is 24.0 Å². The largest absolute Gasteiger partial charge is 0.356 e. The van der Waals surface area contributed by atoms with Crippen LogP contribution in [0.25, 0.3) is 0 Å². The highest BCUT2D eigenvalue weighted by Crippen LogP contribution is 2.06. The molecule has 1 atom stereocenters. The summed E-state index contributed by atoms with van der Waals surface area (Å²) < 4.78 is 13.6. The minimum atomic E-state index is -0.144. The van der Waals surface area contributed by atoms with E-state index in [-0.39, 0.29) is 29.8 Å². The van der Waals surface area contributed by atoms with Gasteiger partial charge in [0.1, 0.15) is 5.82 Å². The van der Waals surface area contributed by atoms with Crippen molar-refractivity contribution in [2.45, 2.75) is 20.3 Å². The van der Waals surface area contributed by atoms with Gasteiger partial charge in [-0.25, -0.2) is 4.39 Å². The zero-order valence-electron chi connectivity index (χ0n) is 16.9. The monoisotopic (exact) mass is 491 g/mol. The minimum absolute atomic E-state index is 0. The first-order chi connectivity index (χ1) is 12.6. The fourth-order valence-corrected chi connectivity index (χ4v) is 3.30. The second kappa shape index (κ2) is 13.3. The van der Waals surface area contributed by atoms with Gasteiger partial charge in [-0.2, -0.15) is 0 Å². The molecule has 2 N–H and O–H groups in total. The number of hydrogen-bond acceptors (Lipinski definition) is 3. The molecule has 0 spiro atoms. The van der Waals surface area contributed by atoms with Crippen LogP contribution in [0.1, 0.15) is 19.4 Å². The van der Waals surface area contributed by atoms with Crippen LogP contribution in [0.2, 0.25) is 0 Å². The molecule has 27 heavy (non-hydrogen) atoms. The van der Waals surface area contributed by atoms with Crippen molar-refractivity contribution in [3.8, 4) is 0 Å². The third-order valence-electron chi connectivity index (χ3n) is 4.97. The van der Waals surface area contributed by atoms with Crippen molar-refractivity contribution in [2.75, 3.05) is 59.4 Å². The number of aliphatic imine (C=N–C) groups is 1. The molecule has 0 amide bonds. The minimum Gasteiger partial charge on any atom is -0.356 e. The molecule has 7 heteroatoms. The van der Waals surface area contributed by atoms with Gasteiger partial charge < -0.3 is 20.4 Å². The fourth-order valence-electron chi connectivity index (χ4n) is 3.30. The summed E-state index contributed by atoms with van der Waals surface area (Å²) in [5.74, 6) is 1.19. The van der Waals surface area contributed by atoms with Crippen molar-refractivity contribution in [2.24, 2.45) is 10.9 Å². The van der Waals surface area contributed by atoms with E-state index in [2.05, 4.69) is 39.3 Å². The Balaban J connectivity index is 0.00000364. The first kappa shape index (κ1) is 24.1. The van der Waals surface area contributed by atoms with Crippen LogP contribution in [0.5, 0.6) is 0 Å². The van der Waals surface area contributed by atoms with Crippen molar-refractivity contribution in [3.05, 3.63) is 35.6 Å². The highest BCUT2D eigenvalue weighted by Gasteiger charge is 2.17. The Morgan fingerprint density at radius 2 is 1.81 bits per heavy atom. The summed E-state index contributed by atoms with van der Waals surface area (Å²) in [6, 6.07) is 6.92. The number of guanidine groups is 1. The fraction of sp³-hybridized carbons (Fsp3) is 0.650. The summed E-state index contributed by atoms with van der Waals surface area (Å²) in [7, 11) is 1.77. The summed E-state index contributed by atoms with van der Waals surface area (Å²) in [5.41, 5.74) is 0.732. The van der Waals surface area contributed by atoms with Gasteiger partial charge in [-0.1, -0.05) is 32.0 Å². The third kappa shape index (κ3) is 8.74. The van der Waals surface area contributed by atoms with E-state index < -0.39 is 0 Å². The molecule has 1 unspecified atom stereocenters. The van der Waals surface area contributed by atoms with Gasteiger partial charge in [-0.3, -0.25) is 4.99 Å². The lowest BCUT2D eigenvalue weighted by Crippen LogP contribution is -2.48. The van der Waals surface area contributed by atoms with Gasteiger partial charge in [0.05, 0.1) is 0 Å². The van der Waals surface area contributed by atoms with Crippen LogP contribution < -0.4 is 10.6 Å². The first-order valence-electron chi connectivity index (χ1n) is 9.75. The molecular weight excluding hydrogens is 456 g/mol. The Bertz CT molecular complexity index is 561. The molecule has 0 bridgehead atoms. The molecule has 1 heterocycles. The second-order valence-electron chi connectivity index (χ2n) is 7.06. The van der Waals surface area contributed by atoms with Crippen LogP contribution in [0.15, 0.2) is 29.3 Å². The number of nitrogens with zero attached hydrogens (tertiary/aromatic N) is 3. The summed E-state index contributed by atoms with van der Waals surface area (Å²) >= 11 is 0. The number of benzene rings is 1. The molecule has 0 radical (unpaired) electrons. The average molecular weight is 491 g/mol. The summed E-state index contributed by atoms with van der Waals surface area (Å²) in [5, 5.41) is 6.66. The predicted octanol–water partition coefficient (Wildman–Crippen LogP) is 2.42. The standard InChI is InChI=1S/C20H34FN5.HI/c1-4-25-11-13-26(14-12-25)16-17(2)15-24-20(22-3)23-10-9-18-7-5-6-8-19(18)21;/h5-8,17H,4,9-16H2,1-3H3,(H2,22,23,24);1H. The molecule has 1 aliphatic rings. The zero-order chi connectivity index (χ0) is 18.8. The van der Waals surface area contributed by atoms with Gasteiger partial charge in [0.2, 0.25) is 0 Å². The lowest BCUT2D eigenvalue weighted by molar-refractivity contribution is 0.124. The highest BCUT2D eigenvalue weighted by molar-refractivity contribution is 14.0. The second-order valence-corrected chi connectivity index (χ2v) is 7.06. The SMILES string of the molecule is CCN1CCN(CC(C)CNC(=NC)NCCc2ccccc2F)CC1.I. The van der Waals surface area contributed by atoms with Crippen LogP contribution in [-0.4, -0.2) is 75.2 Å². The molecule has 154 valence electrons. The molecule has 0 aromatic heterocycles. The topological polar surface area (TPSA) is 42.9 Å². The Hall–Kier alpha value is -0.930. The number of nitrogens with one attached hydrogen (secondary N) is 2. The van der Waals surface area contributed by atoms with Crippen molar-refractivity contribution < 1.29 is 4.39 Å². The number of piperazine rings is 1. The van der Waals surface area contributed by atoms with E-state index >= 15 is 0 Å². The molecule has 1 aliphatic heterocycles. The summed E-state index contributed by atoms with van der Waals surface area (Å²) in [6.45, 7) is 13.0. The smallest absolute Gasteiger partial charge is 0.190 e. The van der Waals surface area contributed by atoms with Crippen LogP contribution in [0.4, 0.5) is 4.39 Å². The van der Waals surface area contributed by atoms with E-state index in [1.54, 1.807) is 13.1 Å². The lowest BCUT2D eigenvalue weighted by atomic mass is 10.1. The Labute approximate surface area is 180 Å². The third-order valence-corrected chi connectivity index (χ3v) is 4.97. The van der Waals surface area contributed by atoms with Crippen molar-refractivity contribution in [1.82, 2.24) is 20.4 Å². The Morgan fingerprint density at radius 3 is 2.44 bits per heavy atom. The molecule has 1 aromatic carbocycles. The molecule has 1 saturated heterocycles. The number of hydrogen-bond donors (Lipinski definition) is 2. The molecule has 2 rings (SSSR count). The molecule has 0 aliphatic carbocycles. The van der Waals surface area contributed by atoms with Gasteiger partial charge in [-0.15, -0.1) is 24.0 Å². The van der Waals surface area contributed by atoms with E-state index in [9.17, 15) is 4.39 Å². The molecule has 1 fully saturated rings. The lowest BCUT2D eigenvalue weighted by Gasteiger charge is -2.35. The van der Waals surface area contributed by atoms with Gasteiger partial charge in [0.25, 0.3) is 0 Å². The number of likely N-dealkylation sites (N-methyl/N-ethyl adjacent to an activating group) is 1. The van der Waals surface area contributed by atoms with Crippen LogP contribution in [0.3, 0.4) is 0 Å². The van der Waals surface area contributed by atoms with Gasteiger partial charge in [-0.05, 0) is 30.5 Å². The molecule has 0 saturated carbocycles. The van der Waals surface area contributed by atoms with Crippen molar-refractivity contribution in [3.63, 3.8) is 0 Å². The normalized spacial score (nSPS) is 17.3. The van der Waals surface area contributed by atoms with Gasteiger partial charge in [0.15, 0.2) is 5.96 Å². The molecule has 1 aromatic rings. The van der Waals surface area contributed by atoms with Gasteiger partial charge in [0, 0.05) is 52.9 Å². The first-order valence-corrected chi connectivity index (χ1v) is 9.75. The maximum absolute atomic E-state index is 13.6. The van der Waals surface area contributed by atoms with Crippen molar-refractivity contribution in [1.29, 1.82) is 0 Å². The molecular formula is C20H35FIN5. The maximum Gasteiger partial charge on any atom is 0.190 e. The van der Waals surface area contributed by atoms with Crippen molar-refractivity contribution >= 4 is 29.9 Å². The quantitative estimate of drug-likeness (QED) is 0.333. The van der Waals surface area contributed by atoms with Crippen LogP contribution in [-0.2, 0) is 6.42 Å². The zero-order valence-corrected chi connectivity index (χ0v) is 19.2. The van der Waals surface area contributed by atoms with E-state index in [4.69, 9.17) is 0 Å². The van der Waals surface area contributed by atoms with E-state index in [1.165, 1.54) is 19.2 Å². The average Bonchev–Trinajstić information content (AvgIpc) is 2.66. The van der Waals surface area contributed by atoms with Gasteiger partial charge >= 0.3 is 0 Å². The summed E-state index contributed by atoms with van der Waals surface area (Å²) in [6.07, 6.45) is 0.643. The van der Waals surface area contributed by atoms with E-state index in [0.717, 1.165) is 44.2 Å². The Kier molecular flexibility index (Phi) is 11.9. The van der Waals surface area contributed by atoms with E-state index in [0.29, 0.717) is 18.9 Å². The number of rotatable bonds is 8. The van der Waals surface area contributed by atoms with E-state index in [1.807, 2.05) is 12.1 Å². The predicted molar refractivity (Wildman–Crippen MR) is 123 cm³/mol.